The molecule has 8 bridgehead atoms. The van der Waals surface area contributed by atoms with Gasteiger partial charge in [-0.05, 0) is 75.1 Å². The number of anilines is 1. The SMILES string of the molecule is CC[C@H]1c2cc3[nH]c(c(CC(=O)OC)c4nc(cc5[nH]c(cc(n2)[C@@H]1C)c(C(C)=O)c5C)[C@@H](C)[C@@H]4CCC(=O)NCCNc1ccccn1)c(C(=O)NCC(O)CO)c3C. The molecule has 60 heavy (non-hydrogen) atoms. The van der Waals surface area contributed by atoms with Crippen LogP contribution in [0.3, 0.4) is 0 Å². The van der Waals surface area contributed by atoms with Gasteiger partial charge in [0, 0.05) is 95.2 Å². The van der Waals surface area contributed by atoms with Crippen molar-refractivity contribution >= 4 is 51.5 Å². The third kappa shape index (κ3) is 9.27. The first-order chi connectivity index (χ1) is 28.8. The lowest BCUT2D eigenvalue weighted by atomic mass is 9.85. The van der Waals surface area contributed by atoms with E-state index >= 15 is 0 Å². The Kier molecular flexibility index (Phi) is 13.8. The number of Topliss-reactive ketones (excluding diaryl/α,β-unsaturated/α-hetero) is 1. The molecule has 7 N–H and O–H groups in total. The number of aromatic nitrogens is 5. The Labute approximate surface area is 349 Å². The van der Waals surface area contributed by atoms with Crippen molar-refractivity contribution in [1.29, 1.82) is 0 Å². The molecule has 0 fully saturated rings. The maximum Gasteiger partial charge on any atom is 0.310 e. The van der Waals surface area contributed by atoms with E-state index in [9.17, 15) is 29.4 Å². The average molecular weight is 821 g/mol. The number of esters is 1. The molecule has 0 radical (unpaired) electrons. The average Bonchev–Trinajstić information content (AvgIpc) is 3.92. The summed E-state index contributed by atoms with van der Waals surface area (Å²) in [5, 5.41) is 28.6. The molecule has 4 aromatic rings. The van der Waals surface area contributed by atoms with Gasteiger partial charge in [0.1, 0.15) is 5.82 Å². The Morgan fingerprint density at radius 2 is 1.57 bits per heavy atom. The van der Waals surface area contributed by atoms with E-state index in [2.05, 4.69) is 44.7 Å². The number of rotatable bonds is 15. The Hall–Kier alpha value is -5.93. The number of carbonyl (C=O) groups is 4. The Morgan fingerprint density at radius 1 is 0.883 bits per heavy atom. The van der Waals surface area contributed by atoms with Crippen LogP contribution in [0.15, 0.2) is 42.6 Å². The zero-order chi connectivity index (χ0) is 43.2. The van der Waals surface area contributed by atoms with Gasteiger partial charge in [0.25, 0.3) is 5.91 Å². The first-order valence-electron chi connectivity index (χ1n) is 20.6. The van der Waals surface area contributed by atoms with Crippen molar-refractivity contribution in [2.75, 3.05) is 38.7 Å². The van der Waals surface area contributed by atoms with Crippen LogP contribution >= 0.6 is 0 Å². The summed E-state index contributed by atoms with van der Waals surface area (Å²) in [6, 6.07) is 11.4. The van der Waals surface area contributed by atoms with Gasteiger partial charge in [0.15, 0.2) is 5.78 Å². The minimum Gasteiger partial charge on any atom is -0.469 e. The van der Waals surface area contributed by atoms with Crippen LogP contribution in [-0.2, 0) is 20.7 Å². The number of carbonyl (C=O) groups excluding carboxylic acids is 4. The second-order valence-corrected chi connectivity index (χ2v) is 15.7. The zero-order valence-electron chi connectivity index (χ0n) is 35.4. The van der Waals surface area contributed by atoms with Crippen LogP contribution < -0.4 is 16.0 Å². The number of aromatic amines is 2. The van der Waals surface area contributed by atoms with Gasteiger partial charge in [0.2, 0.25) is 5.91 Å². The number of aliphatic hydroxyl groups is 2. The molecule has 15 heteroatoms. The van der Waals surface area contributed by atoms with E-state index in [0.29, 0.717) is 75.5 Å². The molecule has 2 aliphatic rings. The third-order valence-electron chi connectivity index (χ3n) is 11.9. The summed E-state index contributed by atoms with van der Waals surface area (Å²) in [7, 11) is 1.30. The fourth-order valence-electron chi connectivity index (χ4n) is 8.45. The van der Waals surface area contributed by atoms with Gasteiger partial charge >= 0.3 is 5.97 Å². The smallest absolute Gasteiger partial charge is 0.310 e. The summed E-state index contributed by atoms with van der Waals surface area (Å²) >= 11 is 0. The van der Waals surface area contributed by atoms with Crippen molar-refractivity contribution in [2.45, 2.75) is 97.0 Å². The first-order valence-corrected chi connectivity index (χ1v) is 20.6. The Morgan fingerprint density at radius 3 is 2.25 bits per heavy atom. The van der Waals surface area contributed by atoms with Crippen LogP contribution in [-0.4, -0.2) is 98.2 Å². The minimum atomic E-state index is -1.19. The lowest BCUT2D eigenvalue weighted by molar-refractivity contribution is -0.139. The number of methoxy groups -OCH3 is 1. The van der Waals surface area contributed by atoms with Crippen LogP contribution in [0.25, 0.3) is 22.1 Å². The number of aryl methyl sites for hydroxylation is 2. The maximum absolute atomic E-state index is 14.2. The van der Waals surface area contributed by atoms with Gasteiger partial charge in [0.05, 0.1) is 48.5 Å². The lowest BCUT2D eigenvalue weighted by Crippen LogP contribution is -2.34. The number of ketones is 1. The van der Waals surface area contributed by atoms with E-state index in [4.69, 9.17) is 14.7 Å². The largest absolute Gasteiger partial charge is 0.469 e. The molecule has 0 spiro atoms. The Bertz CT molecular complexity index is 2430. The molecule has 0 saturated carbocycles. The molecule has 0 saturated heterocycles. The number of pyridine rings is 1. The van der Waals surface area contributed by atoms with Crippen molar-refractivity contribution < 1.29 is 34.1 Å². The van der Waals surface area contributed by atoms with Crippen LogP contribution in [0.4, 0.5) is 5.82 Å². The molecule has 4 aromatic heterocycles. The van der Waals surface area contributed by atoms with Crippen LogP contribution in [0.5, 0.6) is 0 Å². The summed E-state index contributed by atoms with van der Waals surface area (Å²) in [6.07, 6.45) is 1.53. The van der Waals surface area contributed by atoms with E-state index in [0.717, 1.165) is 23.4 Å². The lowest BCUT2D eigenvalue weighted by Gasteiger charge is -2.18. The number of H-pyrrole nitrogens is 2. The van der Waals surface area contributed by atoms with Crippen molar-refractivity contribution in [1.82, 2.24) is 35.6 Å². The van der Waals surface area contributed by atoms with Gasteiger partial charge in [-0.2, -0.15) is 0 Å². The predicted octanol–water partition coefficient (Wildman–Crippen LogP) is 5.52. The van der Waals surface area contributed by atoms with E-state index in [1.807, 2.05) is 50.2 Å². The van der Waals surface area contributed by atoms with Crippen molar-refractivity contribution in [3.05, 3.63) is 93.2 Å². The van der Waals surface area contributed by atoms with Crippen molar-refractivity contribution in [2.24, 2.45) is 0 Å². The number of hydrogen-bond donors (Lipinski definition) is 7. The molecule has 2 amide bonds. The highest BCUT2D eigenvalue weighted by Crippen LogP contribution is 2.43. The molecule has 1 unspecified atom stereocenters. The Balaban J connectivity index is 1.58. The van der Waals surface area contributed by atoms with Crippen LogP contribution in [0.1, 0.15) is 131 Å². The number of fused-ring (bicyclic) bond motifs is 8. The van der Waals surface area contributed by atoms with Gasteiger partial charge in [-0.1, -0.05) is 26.8 Å². The maximum atomic E-state index is 14.2. The van der Waals surface area contributed by atoms with E-state index in [1.54, 1.807) is 20.0 Å². The highest BCUT2D eigenvalue weighted by atomic mass is 16.5. The number of amides is 2. The number of aliphatic hydroxyl groups excluding tert-OH is 2. The highest BCUT2D eigenvalue weighted by Gasteiger charge is 2.34. The molecule has 0 aliphatic carbocycles. The second kappa shape index (κ2) is 19.0. The van der Waals surface area contributed by atoms with Crippen LogP contribution in [0.2, 0.25) is 0 Å². The summed E-state index contributed by atoms with van der Waals surface area (Å²) in [6.45, 7) is 11.6. The number of nitrogens with zero attached hydrogens (tertiary/aromatic N) is 3. The van der Waals surface area contributed by atoms with E-state index in [1.165, 1.54) is 7.11 Å². The first kappa shape index (κ1) is 43.6. The third-order valence-corrected chi connectivity index (χ3v) is 11.9. The van der Waals surface area contributed by atoms with Crippen LogP contribution in [0, 0.1) is 13.8 Å². The molecular weight excluding hydrogens is 765 g/mol. The summed E-state index contributed by atoms with van der Waals surface area (Å²) < 4.78 is 5.22. The summed E-state index contributed by atoms with van der Waals surface area (Å²) in [5.74, 6) is -1.25. The monoisotopic (exact) mass is 820 g/mol. The summed E-state index contributed by atoms with van der Waals surface area (Å²) in [5.41, 5.74) is 7.65. The second-order valence-electron chi connectivity index (χ2n) is 15.7. The molecule has 318 valence electrons. The normalized spacial score (nSPS) is 17.8. The highest BCUT2D eigenvalue weighted by molar-refractivity contribution is 6.06. The molecule has 0 aromatic carbocycles. The van der Waals surface area contributed by atoms with Gasteiger partial charge in [-0.25, -0.2) is 4.98 Å². The molecular formula is C45H56N8O7. The quantitative estimate of drug-likeness (QED) is 0.0449. The number of nitrogens with one attached hydrogen (secondary N) is 5. The fraction of sp³-hybridized carbons (Fsp3) is 0.444. The molecule has 6 heterocycles. The van der Waals surface area contributed by atoms with Crippen molar-refractivity contribution in [3.63, 3.8) is 0 Å². The topological polar surface area (TPSA) is 224 Å². The predicted molar refractivity (Wildman–Crippen MR) is 229 cm³/mol. The number of ether oxygens (including phenoxy) is 1. The van der Waals surface area contributed by atoms with Gasteiger partial charge in [-0.15, -0.1) is 0 Å². The number of hydrogen-bond acceptors (Lipinski definition) is 11. The van der Waals surface area contributed by atoms with E-state index < -0.39 is 24.6 Å². The molecule has 6 rings (SSSR count). The van der Waals surface area contributed by atoms with Crippen molar-refractivity contribution in [3.8, 4) is 0 Å². The molecule has 5 atom stereocenters. The van der Waals surface area contributed by atoms with Gasteiger partial charge in [-0.3, -0.25) is 29.1 Å². The standard InChI is InChI=1S/C45H56N8O7/c1-8-29-23(2)32-20-37-41(27(6)55)25(4)34(51-37)18-33-24(3)30(12-13-39(57)48-16-15-47-38-11-9-10-14-46-38)43(52-33)31(17-40(58)60-7)44-42(45(59)49-21-28(56)22-54)26(5)35(53-44)19-36(29)50-32/h9-11,14,18-20,23-24,28-30,51,53-54,56H,8,12-13,15-17,21-22H2,1-7H3,(H,46,47)(H,48,57)(H,49,59)/t23-,24+,28?,29-,30+/m1/s1. The summed E-state index contributed by atoms with van der Waals surface area (Å²) in [4.78, 5) is 75.7. The molecule has 15 nitrogen and oxygen atoms in total. The van der Waals surface area contributed by atoms with Gasteiger partial charge < -0.3 is 40.9 Å². The molecule has 2 aliphatic heterocycles. The minimum absolute atomic E-state index is 0.0118. The zero-order valence-corrected chi connectivity index (χ0v) is 35.4. The van der Waals surface area contributed by atoms with E-state index in [-0.39, 0.29) is 60.3 Å². The fourth-order valence-corrected chi connectivity index (χ4v) is 8.45.